The van der Waals surface area contributed by atoms with Crippen molar-refractivity contribution in [3.05, 3.63) is 29.8 Å². The van der Waals surface area contributed by atoms with Crippen LogP contribution in [-0.4, -0.2) is 32.1 Å². The summed E-state index contributed by atoms with van der Waals surface area (Å²) in [5, 5.41) is 2.55. The molecule has 0 saturated heterocycles. The highest BCUT2D eigenvalue weighted by atomic mass is 16.5. The molecular formula is C17H23NO4. The Balaban J connectivity index is 1.75. The second-order valence-corrected chi connectivity index (χ2v) is 5.52. The van der Waals surface area contributed by atoms with Gasteiger partial charge in [0.2, 0.25) is 0 Å². The number of hydrogen-bond donors (Lipinski definition) is 1. The van der Waals surface area contributed by atoms with Gasteiger partial charge in [0.25, 0.3) is 0 Å². The molecule has 1 N–H and O–H groups in total. The molecule has 0 spiro atoms. The van der Waals surface area contributed by atoms with Crippen molar-refractivity contribution in [3.63, 3.8) is 0 Å². The third kappa shape index (κ3) is 5.06. The van der Waals surface area contributed by atoms with Gasteiger partial charge in [0, 0.05) is 12.3 Å². The van der Waals surface area contributed by atoms with Crippen molar-refractivity contribution in [2.24, 2.45) is 5.92 Å². The van der Waals surface area contributed by atoms with E-state index in [4.69, 9.17) is 4.74 Å². The van der Waals surface area contributed by atoms with E-state index in [1.807, 2.05) is 24.3 Å². The molecule has 120 valence electrons. The Morgan fingerprint density at radius 1 is 1.27 bits per heavy atom. The summed E-state index contributed by atoms with van der Waals surface area (Å²) in [7, 11) is 1.33. The van der Waals surface area contributed by atoms with Crippen molar-refractivity contribution < 1.29 is 19.1 Å². The van der Waals surface area contributed by atoms with Crippen LogP contribution >= 0.6 is 0 Å². The van der Waals surface area contributed by atoms with Gasteiger partial charge in [-0.25, -0.2) is 4.79 Å². The molecule has 0 heterocycles. The number of benzene rings is 1. The normalized spacial score (nSPS) is 17.9. The first kappa shape index (κ1) is 16.3. The van der Waals surface area contributed by atoms with Crippen LogP contribution in [0.15, 0.2) is 24.3 Å². The van der Waals surface area contributed by atoms with E-state index in [1.54, 1.807) is 0 Å². The van der Waals surface area contributed by atoms with Crippen molar-refractivity contribution in [2.75, 3.05) is 20.3 Å². The standard InChI is InChI=1S/C17H23NO4/c1-21-17(20)18-10-11-22-15-8-6-13(7-9-15)12-14-4-2-3-5-16(14)19/h6-9,14H,2-5,10-12H2,1H3,(H,18,20). The van der Waals surface area contributed by atoms with Crippen LogP contribution in [0.1, 0.15) is 31.2 Å². The van der Waals surface area contributed by atoms with Gasteiger partial charge >= 0.3 is 6.09 Å². The third-order valence-corrected chi connectivity index (χ3v) is 3.91. The fourth-order valence-electron chi connectivity index (χ4n) is 2.67. The number of carbonyl (C=O) groups is 2. The zero-order valence-corrected chi connectivity index (χ0v) is 13.0. The molecule has 1 aliphatic rings. The number of rotatable bonds is 6. The van der Waals surface area contributed by atoms with Crippen LogP contribution in [0, 0.1) is 5.92 Å². The highest BCUT2D eigenvalue weighted by Gasteiger charge is 2.22. The number of alkyl carbamates (subject to hydrolysis) is 1. The van der Waals surface area contributed by atoms with E-state index in [0.717, 1.165) is 37.9 Å². The highest BCUT2D eigenvalue weighted by molar-refractivity contribution is 5.81. The van der Waals surface area contributed by atoms with E-state index in [1.165, 1.54) is 12.7 Å². The third-order valence-electron chi connectivity index (χ3n) is 3.91. The van der Waals surface area contributed by atoms with E-state index in [-0.39, 0.29) is 5.92 Å². The van der Waals surface area contributed by atoms with Gasteiger partial charge in [0.15, 0.2) is 0 Å². The Labute approximate surface area is 131 Å². The lowest BCUT2D eigenvalue weighted by Gasteiger charge is -2.20. The van der Waals surface area contributed by atoms with E-state index in [9.17, 15) is 9.59 Å². The minimum atomic E-state index is -0.462. The molecule has 1 saturated carbocycles. The second-order valence-electron chi connectivity index (χ2n) is 5.52. The molecule has 22 heavy (non-hydrogen) atoms. The highest BCUT2D eigenvalue weighted by Crippen LogP contribution is 2.24. The van der Waals surface area contributed by atoms with Gasteiger partial charge in [0.1, 0.15) is 18.1 Å². The number of nitrogens with one attached hydrogen (secondary N) is 1. The van der Waals surface area contributed by atoms with Crippen molar-refractivity contribution in [1.82, 2.24) is 5.32 Å². The van der Waals surface area contributed by atoms with Gasteiger partial charge in [-0.15, -0.1) is 0 Å². The summed E-state index contributed by atoms with van der Waals surface area (Å²) in [6, 6.07) is 7.82. The molecule has 5 nitrogen and oxygen atoms in total. The van der Waals surface area contributed by atoms with E-state index >= 15 is 0 Å². The average Bonchev–Trinajstić information content (AvgIpc) is 2.55. The lowest BCUT2D eigenvalue weighted by Crippen LogP contribution is -2.27. The molecule has 0 radical (unpaired) electrons. The van der Waals surface area contributed by atoms with Crippen LogP contribution in [0.25, 0.3) is 0 Å². The maximum Gasteiger partial charge on any atom is 0.406 e. The topological polar surface area (TPSA) is 64.6 Å². The van der Waals surface area contributed by atoms with E-state index in [0.29, 0.717) is 18.9 Å². The summed E-state index contributed by atoms with van der Waals surface area (Å²) in [6.07, 6.45) is 4.31. The summed E-state index contributed by atoms with van der Waals surface area (Å²) in [4.78, 5) is 22.7. The monoisotopic (exact) mass is 305 g/mol. The van der Waals surface area contributed by atoms with E-state index in [2.05, 4.69) is 10.1 Å². The summed E-state index contributed by atoms with van der Waals surface area (Å²) >= 11 is 0. The van der Waals surface area contributed by atoms with Gasteiger partial charge in [0.05, 0.1) is 13.7 Å². The summed E-state index contributed by atoms with van der Waals surface area (Å²) in [5.41, 5.74) is 1.17. The molecule has 1 fully saturated rings. The number of ketones is 1. The Hall–Kier alpha value is -2.04. The number of Topliss-reactive ketones (excluding diaryl/α,β-unsaturated/α-hetero) is 1. The van der Waals surface area contributed by atoms with Crippen molar-refractivity contribution in [1.29, 1.82) is 0 Å². The van der Waals surface area contributed by atoms with Gasteiger partial charge in [-0.2, -0.15) is 0 Å². The summed E-state index contributed by atoms with van der Waals surface area (Å²) in [5.74, 6) is 1.34. The lowest BCUT2D eigenvalue weighted by atomic mass is 9.84. The number of methoxy groups -OCH3 is 1. The van der Waals surface area contributed by atoms with Gasteiger partial charge < -0.3 is 14.8 Å². The number of hydrogen-bond acceptors (Lipinski definition) is 4. The van der Waals surface area contributed by atoms with Crippen LogP contribution in [-0.2, 0) is 16.0 Å². The minimum absolute atomic E-state index is 0.185. The maximum absolute atomic E-state index is 11.9. The van der Waals surface area contributed by atoms with Crippen molar-refractivity contribution >= 4 is 11.9 Å². The Morgan fingerprint density at radius 3 is 2.73 bits per heavy atom. The molecular weight excluding hydrogens is 282 g/mol. The molecule has 1 amide bonds. The smallest absolute Gasteiger partial charge is 0.406 e. The molecule has 0 aliphatic heterocycles. The molecule has 1 aliphatic carbocycles. The van der Waals surface area contributed by atoms with Crippen molar-refractivity contribution in [3.8, 4) is 5.75 Å². The molecule has 2 rings (SSSR count). The predicted octanol–water partition coefficient (Wildman–Crippen LogP) is 2.72. The lowest BCUT2D eigenvalue weighted by molar-refractivity contribution is -0.124. The van der Waals surface area contributed by atoms with E-state index < -0.39 is 6.09 Å². The van der Waals surface area contributed by atoms with Crippen LogP contribution in [0.3, 0.4) is 0 Å². The molecule has 1 unspecified atom stereocenters. The quantitative estimate of drug-likeness (QED) is 0.821. The number of carbonyl (C=O) groups excluding carboxylic acids is 2. The average molecular weight is 305 g/mol. The summed E-state index contributed by atoms with van der Waals surface area (Å²) in [6.45, 7) is 0.778. The van der Waals surface area contributed by atoms with Crippen LogP contribution in [0.5, 0.6) is 5.75 Å². The molecule has 0 aromatic heterocycles. The zero-order valence-electron chi connectivity index (χ0n) is 13.0. The van der Waals surface area contributed by atoms with Gasteiger partial charge in [-0.3, -0.25) is 4.79 Å². The largest absolute Gasteiger partial charge is 0.492 e. The van der Waals surface area contributed by atoms with Gasteiger partial charge in [-0.1, -0.05) is 18.6 Å². The molecule has 1 aromatic carbocycles. The Bertz CT molecular complexity index is 498. The fourth-order valence-corrected chi connectivity index (χ4v) is 2.67. The van der Waals surface area contributed by atoms with Gasteiger partial charge in [-0.05, 0) is 37.0 Å². The Morgan fingerprint density at radius 2 is 2.05 bits per heavy atom. The Kier molecular flexibility index (Phi) is 6.25. The number of ether oxygens (including phenoxy) is 2. The van der Waals surface area contributed by atoms with Crippen molar-refractivity contribution in [2.45, 2.75) is 32.1 Å². The summed E-state index contributed by atoms with van der Waals surface area (Å²) < 4.78 is 10.00. The molecule has 1 aromatic rings. The zero-order chi connectivity index (χ0) is 15.8. The first-order valence-electron chi connectivity index (χ1n) is 7.75. The van der Waals surface area contributed by atoms with Crippen LogP contribution in [0.2, 0.25) is 0 Å². The predicted molar refractivity (Wildman–Crippen MR) is 83.0 cm³/mol. The maximum atomic E-state index is 11.9. The first-order valence-corrected chi connectivity index (χ1v) is 7.75. The fraction of sp³-hybridized carbons (Fsp3) is 0.529. The second kappa shape index (κ2) is 8.41. The minimum Gasteiger partial charge on any atom is -0.492 e. The number of amides is 1. The molecule has 5 heteroatoms. The SMILES string of the molecule is COC(=O)NCCOc1ccc(CC2CCCCC2=O)cc1. The van der Waals surface area contributed by atoms with Crippen LogP contribution in [0.4, 0.5) is 4.79 Å². The molecule has 0 bridgehead atoms. The van der Waals surface area contributed by atoms with Crippen LogP contribution < -0.4 is 10.1 Å². The first-order chi connectivity index (χ1) is 10.7. The molecule has 1 atom stereocenters.